The maximum atomic E-state index is 9.92. The van der Waals surface area contributed by atoms with Gasteiger partial charge in [0.25, 0.3) is 0 Å². The van der Waals surface area contributed by atoms with Gasteiger partial charge in [-0.3, -0.25) is 0 Å². The highest BCUT2D eigenvalue weighted by Gasteiger charge is 2.42. The molecular weight excluding hydrogens is 336 g/mol. The summed E-state index contributed by atoms with van der Waals surface area (Å²) in [5, 5.41) is 9.92. The Morgan fingerprint density at radius 1 is 1.43 bits per heavy atom. The normalized spacial score (nSPS) is 30.5. The van der Waals surface area contributed by atoms with Crippen LogP contribution in [0.5, 0.6) is 5.75 Å². The molecule has 21 heavy (non-hydrogen) atoms. The first kappa shape index (κ1) is 15.3. The summed E-state index contributed by atoms with van der Waals surface area (Å²) in [6, 6.07) is 5.77. The molecule has 116 valence electrons. The van der Waals surface area contributed by atoms with Crippen molar-refractivity contribution in [3.63, 3.8) is 0 Å². The number of hydrogen-bond donors (Lipinski definition) is 1. The predicted molar refractivity (Wildman–Crippen MR) is 82.5 cm³/mol. The highest BCUT2D eigenvalue weighted by molar-refractivity contribution is 9.10. The summed E-state index contributed by atoms with van der Waals surface area (Å²) in [5.41, 5.74) is 0.649. The van der Waals surface area contributed by atoms with E-state index in [4.69, 9.17) is 14.2 Å². The highest BCUT2D eigenvalue weighted by Crippen LogP contribution is 2.36. The summed E-state index contributed by atoms with van der Waals surface area (Å²) < 4.78 is 18.5. The van der Waals surface area contributed by atoms with Crippen molar-refractivity contribution in [2.75, 3.05) is 19.8 Å². The summed E-state index contributed by atoms with van der Waals surface area (Å²) in [6.45, 7) is 3.89. The van der Waals surface area contributed by atoms with E-state index in [9.17, 15) is 5.11 Å². The van der Waals surface area contributed by atoms with E-state index >= 15 is 0 Å². The Kier molecular flexibility index (Phi) is 4.54. The van der Waals surface area contributed by atoms with Crippen LogP contribution in [0.2, 0.25) is 0 Å². The second kappa shape index (κ2) is 6.24. The third-order valence-electron chi connectivity index (χ3n) is 4.23. The van der Waals surface area contributed by atoms with Gasteiger partial charge in [-0.2, -0.15) is 0 Å². The third-order valence-corrected chi connectivity index (χ3v) is 4.72. The maximum Gasteiger partial charge on any atom is 0.125 e. The van der Waals surface area contributed by atoms with Crippen molar-refractivity contribution in [3.8, 4) is 5.75 Å². The maximum absolute atomic E-state index is 9.92. The first-order chi connectivity index (χ1) is 10.1. The molecule has 1 spiro atoms. The lowest BCUT2D eigenvalue weighted by Crippen LogP contribution is -2.44. The minimum absolute atomic E-state index is 0.110. The second-order valence-electron chi connectivity index (χ2n) is 5.92. The van der Waals surface area contributed by atoms with Crippen LogP contribution in [-0.4, -0.2) is 36.6 Å². The lowest BCUT2D eigenvalue weighted by molar-refractivity contribution is -0.112. The number of rotatable bonds is 3. The van der Waals surface area contributed by atoms with Crippen LogP contribution in [0, 0.1) is 0 Å². The Morgan fingerprint density at radius 2 is 2.29 bits per heavy atom. The molecule has 0 aliphatic carbocycles. The summed E-state index contributed by atoms with van der Waals surface area (Å²) in [7, 11) is 0. The van der Waals surface area contributed by atoms with Crippen molar-refractivity contribution >= 4 is 15.9 Å². The van der Waals surface area contributed by atoms with E-state index in [0.29, 0.717) is 13.2 Å². The molecule has 0 aromatic heterocycles. The molecule has 2 saturated heterocycles. The van der Waals surface area contributed by atoms with E-state index in [-0.39, 0.29) is 11.7 Å². The van der Waals surface area contributed by atoms with Crippen molar-refractivity contribution in [2.24, 2.45) is 0 Å². The molecule has 5 heteroatoms. The van der Waals surface area contributed by atoms with Gasteiger partial charge in [0.05, 0.1) is 24.9 Å². The van der Waals surface area contributed by atoms with Gasteiger partial charge < -0.3 is 19.3 Å². The van der Waals surface area contributed by atoms with Crippen LogP contribution in [0.4, 0.5) is 0 Å². The van der Waals surface area contributed by atoms with Gasteiger partial charge in [0.15, 0.2) is 0 Å². The second-order valence-corrected chi connectivity index (χ2v) is 6.84. The van der Waals surface area contributed by atoms with E-state index in [1.807, 2.05) is 18.2 Å². The molecule has 0 saturated carbocycles. The molecule has 2 heterocycles. The molecule has 2 fully saturated rings. The average molecular weight is 357 g/mol. The Labute approximate surface area is 133 Å². The minimum Gasteiger partial charge on any atom is -0.490 e. The minimum atomic E-state index is -0.555. The molecule has 1 aromatic carbocycles. The SMILES string of the molecule is C[C@@H](O)c1cc(Br)ccc1OC1CCOC2(CCOC2)C1. The molecule has 3 atom stereocenters. The van der Waals surface area contributed by atoms with Gasteiger partial charge in [-0.05, 0) is 25.1 Å². The standard InChI is InChI=1S/C16H21BrO4/c1-11(18)14-8-12(17)2-3-15(14)21-13-4-6-20-16(9-13)5-7-19-10-16/h2-3,8,11,13,18H,4-7,9-10H2,1H3/t11-,13?,16?/m1/s1. The van der Waals surface area contributed by atoms with Crippen LogP contribution >= 0.6 is 15.9 Å². The van der Waals surface area contributed by atoms with Gasteiger partial charge >= 0.3 is 0 Å². The summed E-state index contributed by atoms with van der Waals surface area (Å²) in [5.74, 6) is 0.758. The fraction of sp³-hybridized carbons (Fsp3) is 0.625. The van der Waals surface area contributed by atoms with E-state index in [0.717, 1.165) is 41.7 Å². The smallest absolute Gasteiger partial charge is 0.125 e. The van der Waals surface area contributed by atoms with Crippen molar-refractivity contribution in [3.05, 3.63) is 28.2 Å². The Hall–Kier alpha value is -0.620. The molecule has 2 aliphatic rings. The van der Waals surface area contributed by atoms with E-state index in [1.54, 1.807) is 6.92 Å². The monoisotopic (exact) mass is 356 g/mol. The predicted octanol–water partition coefficient (Wildman–Crippen LogP) is 3.22. The summed E-state index contributed by atoms with van der Waals surface area (Å²) in [4.78, 5) is 0. The van der Waals surface area contributed by atoms with Crippen LogP contribution in [0.1, 0.15) is 37.9 Å². The van der Waals surface area contributed by atoms with Crippen LogP contribution in [0.25, 0.3) is 0 Å². The molecule has 0 amide bonds. The molecule has 2 unspecified atom stereocenters. The molecule has 2 aliphatic heterocycles. The van der Waals surface area contributed by atoms with Gasteiger partial charge in [-0.1, -0.05) is 15.9 Å². The number of ether oxygens (including phenoxy) is 3. The van der Waals surface area contributed by atoms with Crippen molar-refractivity contribution in [2.45, 2.75) is 44.0 Å². The molecule has 3 rings (SSSR count). The van der Waals surface area contributed by atoms with Crippen molar-refractivity contribution in [1.82, 2.24) is 0 Å². The zero-order chi connectivity index (χ0) is 14.9. The molecule has 0 bridgehead atoms. The fourth-order valence-corrected chi connectivity index (χ4v) is 3.46. The Bertz CT molecular complexity index is 497. The topological polar surface area (TPSA) is 47.9 Å². The lowest BCUT2D eigenvalue weighted by atomic mass is 9.91. The van der Waals surface area contributed by atoms with Crippen LogP contribution in [0.3, 0.4) is 0 Å². The largest absolute Gasteiger partial charge is 0.490 e. The van der Waals surface area contributed by atoms with Crippen LogP contribution < -0.4 is 4.74 Å². The van der Waals surface area contributed by atoms with Gasteiger partial charge in [0.2, 0.25) is 0 Å². The molecule has 1 aromatic rings. The zero-order valence-corrected chi connectivity index (χ0v) is 13.8. The number of aliphatic hydroxyl groups excluding tert-OH is 1. The fourth-order valence-electron chi connectivity index (χ4n) is 3.08. The van der Waals surface area contributed by atoms with E-state index in [2.05, 4.69) is 15.9 Å². The number of hydrogen-bond acceptors (Lipinski definition) is 4. The molecule has 1 N–H and O–H groups in total. The first-order valence-corrected chi connectivity index (χ1v) is 8.23. The highest BCUT2D eigenvalue weighted by atomic mass is 79.9. The van der Waals surface area contributed by atoms with Crippen molar-refractivity contribution in [1.29, 1.82) is 0 Å². The Balaban J connectivity index is 1.74. The zero-order valence-electron chi connectivity index (χ0n) is 12.2. The van der Waals surface area contributed by atoms with Gasteiger partial charge in [0, 0.05) is 35.9 Å². The third kappa shape index (κ3) is 3.42. The Morgan fingerprint density at radius 3 is 3.00 bits per heavy atom. The number of benzene rings is 1. The van der Waals surface area contributed by atoms with Gasteiger partial charge in [-0.15, -0.1) is 0 Å². The lowest BCUT2D eigenvalue weighted by Gasteiger charge is -2.37. The molecule has 4 nitrogen and oxygen atoms in total. The number of aliphatic hydroxyl groups is 1. The van der Waals surface area contributed by atoms with Gasteiger partial charge in [-0.25, -0.2) is 0 Å². The van der Waals surface area contributed by atoms with E-state index < -0.39 is 6.10 Å². The van der Waals surface area contributed by atoms with E-state index in [1.165, 1.54) is 0 Å². The quantitative estimate of drug-likeness (QED) is 0.903. The average Bonchev–Trinajstić information content (AvgIpc) is 2.88. The summed E-state index contributed by atoms with van der Waals surface area (Å²) in [6.07, 6.45) is 2.22. The van der Waals surface area contributed by atoms with Crippen LogP contribution in [0.15, 0.2) is 22.7 Å². The van der Waals surface area contributed by atoms with Crippen LogP contribution in [-0.2, 0) is 9.47 Å². The molecular formula is C16H21BrO4. The van der Waals surface area contributed by atoms with Crippen molar-refractivity contribution < 1.29 is 19.3 Å². The molecule has 0 radical (unpaired) electrons. The van der Waals surface area contributed by atoms with Gasteiger partial charge in [0.1, 0.15) is 11.9 Å². The number of halogens is 1. The first-order valence-electron chi connectivity index (χ1n) is 7.44. The summed E-state index contributed by atoms with van der Waals surface area (Å²) >= 11 is 3.44.